The van der Waals surface area contributed by atoms with Crippen LogP contribution in [0.3, 0.4) is 0 Å². The molecule has 1 aliphatic rings. The van der Waals surface area contributed by atoms with E-state index in [1.54, 1.807) is 7.05 Å². The number of aromatic nitrogens is 1. The van der Waals surface area contributed by atoms with Gasteiger partial charge in [0.1, 0.15) is 12.5 Å². The van der Waals surface area contributed by atoms with E-state index in [9.17, 15) is 9.18 Å². The number of aldehydes is 1. The van der Waals surface area contributed by atoms with E-state index in [4.69, 9.17) is 16.6 Å². The van der Waals surface area contributed by atoms with Crippen molar-refractivity contribution >= 4 is 17.7 Å². The number of carbonyl (C=O) groups is 1. The molecule has 7 nitrogen and oxygen atoms in total. The lowest BCUT2D eigenvalue weighted by atomic mass is 10.1. The van der Waals surface area contributed by atoms with E-state index in [0.29, 0.717) is 30.9 Å². The number of piperidine rings is 1. The number of hydrogen-bond acceptors (Lipinski definition) is 7. The zero-order valence-corrected chi connectivity index (χ0v) is 20.4. The Balaban J connectivity index is 2.33. The summed E-state index contributed by atoms with van der Waals surface area (Å²) in [6.45, 7) is 5.86. The normalized spacial score (nSPS) is 17.8. The molecule has 1 fully saturated rings. The fourth-order valence-electron chi connectivity index (χ4n) is 4.08. The number of aryl methyl sites for hydroxylation is 1. The molecule has 2 rings (SSSR count). The molecule has 1 unspecified atom stereocenters. The predicted molar refractivity (Wildman–Crippen MR) is 134 cm³/mol. The molecule has 8 heteroatoms. The summed E-state index contributed by atoms with van der Waals surface area (Å²) in [6, 6.07) is 3.88. The van der Waals surface area contributed by atoms with Gasteiger partial charge in [-0.25, -0.2) is 15.2 Å². The van der Waals surface area contributed by atoms with Crippen molar-refractivity contribution in [2.45, 2.75) is 52.1 Å². The van der Waals surface area contributed by atoms with Crippen LogP contribution in [0.2, 0.25) is 0 Å². The zero-order chi connectivity index (χ0) is 24.4. The molecular formula is C25H39FN6O. The third-order valence-corrected chi connectivity index (χ3v) is 5.72. The summed E-state index contributed by atoms with van der Waals surface area (Å²) >= 11 is 0. The molecule has 1 saturated heterocycles. The van der Waals surface area contributed by atoms with Crippen LogP contribution < -0.4 is 16.5 Å². The summed E-state index contributed by atoms with van der Waals surface area (Å²) in [7, 11) is 3.70. The number of hydrazine groups is 1. The van der Waals surface area contributed by atoms with Crippen molar-refractivity contribution in [1.29, 1.82) is 0 Å². The largest absolute Gasteiger partial charge is 0.395 e. The Kier molecular flexibility index (Phi) is 10.4. The van der Waals surface area contributed by atoms with Gasteiger partial charge in [-0.15, -0.1) is 0 Å². The van der Waals surface area contributed by atoms with Crippen molar-refractivity contribution in [3.05, 3.63) is 53.1 Å². The molecule has 1 aromatic heterocycles. The number of hydrogen-bond donors (Lipinski definition) is 2. The van der Waals surface area contributed by atoms with Gasteiger partial charge in [-0.1, -0.05) is 26.3 Å². The monoisotopic (exact) mass is 458 g/mol. The average molecular weight is 459 g/mol. The standard InChI is InChI=1S/C25H39FN6O/c1-5-9-19(10-8-15-33)16-30(3)18-24(31(4)28)25(27)22-12-13-23(21(6-2)29-22)32-14-7-11-20(26)17-32/h8,10,12-13,15-16,20H,5-7,9,11,14,17-18,27-28H2,1-4H3/b10-8-,19-16-,25-24-. The molecule has 1 aliphatic heterocycles. The second-order valence-corrected chi connectivity index (χ2v) is 8.54. The number of nitrogens with two attached hydrogens (primary N) is 2. The SMILES string of the molecule is CCCC(/C=C\C=O)=C/N(C)C/C(=C(/N)c1ccc(N2CCCC(F)C2)c(CC)n1)N(C)N. The number of pyridine rings is 1. The molecule has 182 valence electrons. The highest BCUT2D eigenvalue weighted by Crippen LogP contribution is 2.27. The number of rotatable bonds is 11. The van der Waals surface area contributed by atoms with Crippen molar-refractivity contribution < 1.29 is 9.18 Å². The van der Waals surface area contributed by atoms with Crippen LogP contribution in [-0.4, -0.2) is 61.1 Å². The van der Waals surface area contributed by atoms with Crippen LogP contribution in [0.25, 0.3) is 5.70 Å². The van der Waals surface area contributed by atoms with Gasteiger partial charge in [0, 0.05) is 33.4 Å². The molecule has 1 aromatic rings. The van der Waals surface area contributed by atoms with Gasteiger partial charge >= 0.3 is 0 Å². The highest BCUT2D eigenvalue weighted by atomic mass is 19.1. The molecule has 0 bridgehead atoms. The first-order chi connectivity index (χ1) is 15.8. The Labute approximate surface area is 197 Å². The first-order valence-corrected chi connectivity index (χ1v) is 11.7. The van der Waals surface area contributed by atoms with E-state index in [2.05, 4.69) is 11.8 Å². The lowest BCUT2D eigenvalue weighted by molar-refractivity contribution is -0.104. The van der Waals surface area contributed by atoms with Gasteiger partial charge < -0.3 is 20.5 Å². The molecule has 1 atom stereocenters. The fourth-order valence-corrected chi connectivity index (χ4v) is 4.08. The quantitative estimate of drug-likeness (QED) is 0.173. The maximum atomic E-state index is 13.9. The van der Waals surface area contributed by atoms with E-state index in [1.165, 1.54) is 11.1 Å². The van der Waals surface area contributed by atoms with Crippen LogP contribution in [0, 0.1) is 0 Å². The summed E-state index contributed by atoms with van der Waals surface area (Å²) < 4.78 is 13.9. The van der Waals surface area contributed by atoms with Crippen LogP contribution in [0.1, 0.15) is 50.9 Å². The zero-order valence-electron chi connectivity index (χ0n) is 20.4. The molecule has 2 heterocycles. The average Bonchev–Trinajstić information content (AvgIpc) is 2.80. The first kappa shape index (κ1) is 26.4. The molecule has 0 spiro atoms. The Morgan fingerprint density at radius 1 is 1.33 bits per heavy atom. The van der Waals surface area contributed by atoms with Crippen LogP contribution in [0.5, 0.6) is 0 Å². The minimum atomic E-state index is -0.798. The number of anilines is 1. The molecule has 4 N–H and O–H groups in total. The van der Waals surface area contributed by atoms with Gasteiger partial charge in [0.2, 0.25) is 0 Å². The van der Waals surface area contributed by atoms with E-state index >= 15 is 0 Å². The lowest BCUT2D eigenvalue weighted by Gasteiger charge is -2.32. The summed E-state index contributed by atoms with van der Waals surface area (Å²) in [6.07, 6.45) is 9.33. The Hall–Kier alpha value is -2.87. The van der Waals surface area contributed by atoms with E-state index < -0.39 is 6.17 Å². The highest BCUT2D eigenvalue weighted by molar-refractivity contribution is 5.66. The maximum Gasteiger partial charge on any atom is 0.142 e. The number of allylic oxidation sites excluding steroid dienone is 3. The second kappa shape index (κ2) is 13.0. The van der Waals surface area contributed by atoms with Crippen molar-refractivity contribution in [2.24, 2.45) is 11.6 Å². The molecule has 0 aliphatic carbocycles. The second-order valence-electron chi connectivity index (χ2n) is 8.54. The Morgan fingerprint density at radius 2 is 2.09 bits per heavy atom. The summed E-state index contributed by atoms with van der Waals surface area (Å²) in [5.74, 6) is 6.14. The van der Waals surface area contributed by atoms with Crippen molar-refractivity contribution in [1.82, 2.24) is 14.9 Å². The third kappa shape index (κ3) is 7.60. The minimum absolute atomic E-state index is 0.409. The Morgan fingerprint density at radius 3 is 2.70 bits per heavy atom. The topological polar surface area (TPSA) is 91.7 Å². The molecule has 0 aromatic carbocycles. The number of alkyl halides is 1. The molecule has 0 amide bonds. The lowest BCUT2D eigenvalue weighted by Crippen LogP contribution is -2.37. The minimum Gasteiger partial charge on any atom is -0.395 e. The van der Waals surface area contributed by atoms with Crippen LogP contribution in [-0.2, 0) is 11.2 Å². The summed E-state index contributed by atoms with van der Waals surface area (Å²) in [4.78, 5) is 19.6. The predicted octanol–water partition coefficient (Wildman–Crippen LogP) is 3.39. The molecule has 33 heavy (non-hydrogen) atoms. The molecule has 0 saturated carbocycles. The van der Waals surface area contributed by atoms with Crippen molar-refractivity contribution in [3.63, 3.8) is 0 Å². The van der Waals surface area contributed by atoms with Gasteiger partial charge in [0.25, 0.3) is 0 Å². The number of nitrogens with zero attached hydrogens (tertiary/aromatic N) is 4. The smallest absolute Gasteiger partial charge is 0.142 e. The number of carbonyl (C=O) groups excluding carboxylic acids is 1. The number of likely N-dealkylation sites (N-methyl/N-ethyl adjacent to an activating group) is 2. The van der Waals surface area contributed by atoms with Crippen molar-refractivity contribution in [2.75, 3.05) is 38.6 Å². The van der Waals surface area contributed by atoms with Gasteiger partial charge in [-0.3, -0.25) is 4.79 Å². The van der Waals surface area contributed by atoms with E-state index in [0.717, 1.165) is 61.2 Å². The maximum absolute atomic E-state index is 13.9. The van der Waals surface area contributed by atoms with Gasteiger partial charge in [0.15, 0.2) is 0 Å². The van der Waals surface area contributed by atoms with Gasteiger partial charge in [0.05, 0.1) is 35.0 Å². The fraction of sp³-hybridized carbons (Fsp3) is 0.520. The van der Waals surface area contributed by atoms with Crippen LogP contribution in [0.15, 0.2) is 41.8 Å². The highest BCUT2D eigenvalue weighted by Gasteiger charge is 2.22. The van der Waals surface area contributed by atoms with Crippen LogP contribution >= 0.6 is 0 Å². The first-order valence-electron chi connectivity index (χ1n) is 11.7. The van der Waals surface area contributed by atoms with Crippen LogP contribution in [0.4, 0.5) is 10.1 Å². The third-order valence-electron chi connectivity index (χ3n) is 5.72. The summed E-state index contributed by atoms with van der Waals surface area (Å²) in [5.41, 5.74) is 11.4. The molecular weight excluding hydrogens is 419 g/mol. The van der Waals surface area contributed by atoms with E-state index in [1.807, 2.05) is 43.3 Å². The van der Waals surface area contributed by atoms with E-state index in [-0.39, 0.29) is 0 Å². The van der Waals surface area contributed by atoms with Gasteiger partial charge in [-0.05, 0) is 49.5 Å². The van der Waals surface area contributed by atoms with Gasteiger partial charge in [-0.2, -0.15) is 0 Å². The number of halogens is 1. The molecule has 0 radical (unpaired) electrons. The Bertz CT molecular complexity index is 880. The van der Waals surface area contributed by atoms with Crippen molar-refractivity contribution in [3.8, 4) is 0 Å². The summed E-state index contributed by atoms with van der Waals surface area (Å²) in [5, 5.41) is 1.51.